The second kappa shape index (κ2) is 5.81. The first kappa shape index (κ1) is 11.5. The van der Waals surface area contributed by atoms with E-state index in [9.17, 15) is 4.79 Å². The van der Waals surface area contributed by atoms with E-state index in [0.29, 0.717) is 0 Å². The summed E-state index contributed by atoms with van der Waals surface area (Å²) in [5.41, 5.74) is 5.00. The van der Waals surface area contributed by atoms with Crippen LogP contribution in [0.3, 0.4) is 0 Å². The highest BCUT2D eigenvalue weighted by atomic mass is 35.5. The first-order valence-electron chi connectivity index (χ1n) is 2.15. The van der Waals surface area contributed by atoms with Crippen LogP contribution in [0.1, 0.15) is 0 Å². The summed E-state index contributed by atoms with van der Waals surface area (Å²) in [6, 6.07) is -0.889. The summed E-state index contributed by atoms with van der Waals surface area (Å²) < 4.78 is 4.46. The highest BCUT2D eigenvalue weighted by Gasteiger charge is 2.08. The Balaban J connectivity index is 0. The lowest BCUT2D eigenvalue weighted by molar-refractivity contribution is -0.139. The van der Waals surface area contributed by atoms with Crippen LogP contribution in [0.25, 0.3) is 0 Å². The molecule has 0 unspecified atom stereocenters. The number of hydrogen-bond acceptors (Lipinski definition) is 3. The van der Waals surface area contributed by atoms with Gasteiger partial charge in [0, 0.05) is 7.11 Å². The lowest BCUT2D eigenvalue weighted by Crippen LogP contribution is -2.34. The first-order chi connectivity index (χ1) is 3.68. The van der Waals surface area contributed by atoms with Crippen LogP contribution in [0.15, 0.2) is 0 Å². The molecule has 56 valence electrons. The van der Waals surface area contributed by atoms with Crippen LogP contribution in [0.2, 0.25) is 0 Å². The number of aliphatic carboxylic acids is 1. The Morgan fingerprint density at radius 3 is 2.44 bits per heavy atom. The third-order valence-corrected chi connectivity index (χ3v) is 0.663. The van der Waals surface area contributed by atoms with Crippen molar-refractivity contribution in [2.45, 2.75) is 6.04 Å². The van der Waals surface area contributed by atoms with Gasteiger partial charge < -0.3 is 15.6 Å². The normalized spacial score (nSPS) is 11.8. The van der Waals surface area contributed by atoms with Gasteiger partial charge in [-0.15, -0.1) is 12.4 Å². The Morgan fingerprint density at radius 1 is 1.89 bits per heavy atom. The summed E-state index contributed by atoms with van der Waals surface area (Å²) in [7, 11) is 1.41. The Bertz CT molecular complexity index is 87.9. The molecule has 1 atom stereocenters. The predicted molar refractivity (Wildman–Crippen MR) is 34.7 cm³/mol. The quantitative estimate of drug-likeness (QED) is 0.575. The Kier molecular flexibility index (Phi) is 7.41. The number of ether oxygens (including phenoxy) is 1. The number of halogens is 1. The van der Waals surface area contributed by atoms with Crippen LogP contribution in [0, 0.1) is 0 Å². The maximum atomic E-state index is 9.88. The fraction of sp³-hybridized carbons (Fsp3) is 0.750. The van der Waals surface area contributed by atoms with Crippen LogP contribution >= 0.6 is 12.4 Å². The Hall–Kier alpha value is -0.320. The molecule has 9 heavy (non-hydrogen) atoms. The van der Waals surface area contributed by atoms with Gasteiger partial charge in [-0.3, -0.25) is 4.79 Å². The third kappa shape index (κ3) is 5.55. The van der Waals surface area contributed by atoms with Crippen LogP contribution in [-0.4, -0.2) is 30.8 Å². The van der Waals surface area contributed by atoms with Crippen LogP contribution in [0.5, 0.6) is 0 Å². The number of nitrogens with two attached hydrogens (primary N) is 1. The van der Waals surface area contributed by atoms with Crippen molar-refractivity contribution in [2.24, 2.45) is 5.73 Å². The zero-order valence-electron chi connectivity index (χ0n) is 5.03. The minimum Gasteiger partial charge on any atom is -0.480 e. The highest BCUT2D eigenvalue weighted by Crippen LogP contribution is 1.76. The fourth-order valence-electron chi connectivity index (χ4n) is 0.251. The molecule has 0 saturated carbocycles. The molecule has 4 nitrogen and oxygen atoms in total. The molecule has 3 N–H and O–H groups in total. The van der Waals surface area contributed by atoms with E-state index < -0.39 is 12.0 Å². The summed E-state index contributed by atoms with van der Waals surface area (Å²) in [6.07, 6.45) is 0. The van der Waals surface area contributed by atoms with Crippen molar-refractivity contribution in [2.75, 3.05) is 13.7 Å². The minimum absolute atomic E-state index is 0. The summed E-state index contributed by atoms with van der Waals surface area (Å²) in [4.78, 5) is 9.88. The molecule has 0 rings (SSSR count). The van der Waals surface area contributed by atoms with Gasteiger partial charge >= 0.3 is 5.97 Å². The van der Waals surface area contributed by atoms with Crippen LogP contribution < -0.4 is 5.73 Å². The van der Waals surface area contributed by atoms with E-state index in [1.54, 1.807) is 0 Å². The molecular weight excluding hydrogens is 146 g/mol. The van der Waals surface area contributed by atoms with Gasteiger partial charge in [0.15, 0.2) is 0 Å². The van der Waals surface area contributed by atoms with Crippen molar-refractivity contribution >= 4 is 18.4 Å². The SMILES string of the molecule is COC[C@H](N)C(=O)O.Cl. The van der Waals surface area contributed by atoms with Gasteiger partial charge in [-0.1, -0.05) is 0 Å². The number of hydrogen-bond donors (Lipinski definition) is 2. The molecule has 0 radical (unpaired) electrons. The van der Waals surface area contributed by atoms with Crippen molar-refractivity contribution in [3.05, 3.63) is 0 Å². The largest absolute Gasteiger partial charge is 0.480 e. The number of carboxylic acids is 1. The van der Waals surface area contributed by atoms with Gasteiger partial charge in [-0.05, 0) is 0 Å². The van der Waals surface area contributed by atoms with Crippen molar-refractivity contribution < 1.29 is 14.6 Å². The van der Waals surface area contributed by atoms with Gasteiger partial charge in [0.25, 0.3) is 0 Å². The molecule has 0 amide bonds. The topological polar surface area (TPSA) is 72.5 Å². The fourth-order valence-corrected chi connectivity index (χ4v) is 0.251. The van der Waals surface area contributed by atoms with E-state index in [0.717, 1.165) is 0 Å². The average Bonchev–Trinajstić information content (AvgIpc) is 1.67. The summed E-state index contributed by atoms with van der Waals surface area (Å²) in [5.74, 6) is -1.04. The van der Waals surface area contributed by atoms with Crippen molar-refractivity contribution in [1.29, 1.82) is 0 Å². The Morgan fingerprint density at radius 2 is 2.33 bits per heavy atom. The van der Waals surface area contributed by atoms with Gasteiger partial charge in [0.1, 0.15) is 6.04 Å². The van der Waals surface area contributed by atoms with Gasteiger partial charge in [0.2, 0.25) is 0 Å². The van der Waals surface area contributed by atoms with E-state index in [2.05, 4.69) is 4.74 Å². The summed E-state index contributed by atoms with van der Waals surface area (Å²) >= 11 is 0. The van der Waals surface area contributed by atoms with E-state index in [-0.39, 0.29) is 19.0 Å². The van der Waals surface area contributed by atoms with Crippen LogP contribution in [-0.2, 0) is 9.53 Å². The van der Waals surface area contributed by atoms with Crippen molar-refractivity contribution in [1.82, 2.24) is 0 Å². The zero-order chi connectivity index (χ0) is 6.57. The van der Waals surface area contributed by atoms with Gasteiger partial charge in [0.05, 0.1) is 6.61 Å². The molecule has 0 bridgehead atoms. The van der Waals surface area contributed by atoms with E-state index in [4.69, 9.17) is 10.8 Å². The number of methoxy groups -OCH3 is 1. The highest BCUT2D eigenvalue weighted by molar-refractivity contribution is 5.85. The third-order valence-electron chi connectivity index (χ3n) is 0.663. The first-order valence-corrected chi connectivity index (χ1v) is 2.15. The van der Waals surface area contributed by atoms with Crippen molar-refractivity contribution in [3.8, 4) is 0 Å². The van der Waals surface area contributed by atoms with E-state index in [1.807, 2.05) is 0 Å². The number of rotatable bonds is 3. The van der Waals surface area contributed by atoms with Gasteiger partial charge in [-0.25, -0.2) is 0 Å². The minimum atomic E-state index is -1.04. The molecule has 0 saturated heterocycles. The molecule has 0 aromatic carbocycles. The number of carbonyl (C=O) groups is 1. The molecule has 0 spiro atoms. The standard InChI is InChI=1S/C4H9NO3.ClH/c1-8-2-3(5)4(6)7;/h3H,2,5H2,1H3,(H,6,7);1H/t3-;/m0./s1. The number of carboxylic acid groups (broad SMARTS) is 1. The maximum absolute atomic E-state index is 9.88. The molecular formula is C4H10ClNO3. The lowest BCUT2D eigenvalue weighted by Gasteiger charge is -2.01. The average molecular weight is 156 g/mol. The molecule has 0 aliphatic heterocycles. The molecule has 5 heteroatoms. The predicted octanol–water partition coefficient (Wildman–Crippen LogP) is -0.533. The molecule has 0 aliphatic carbocycles. The van der Waals surface area contributed by atoms with Gasteiger partial charge in [-0.2, -0.15) is 0 Å². The second-order valence-electron chi connectivity index (χ2n) is 1.40. The summed E-state index contributed by atoms with van der Waals surface area (Å²) in [6.45, 7) is 0.0648. The Labute approximate surface area is 59.4 Å². The molecule has 0 fully saturated rings. The monoisotopic (exact) mass is 155 g/mol. The van der Waals surface area contributed by atoms with Crippen molar-refractivity contribution in [3.63, 3.8) is 0 Å². The molecule has 0 aromatic heterocycles. The zero-order valence-corrected chi connectivity index (χ0v) is 5.85. The molecule has 0 aliphatic rings. The second-order valence-corrected chi connectivity index (χ2v) is 1.40. The van der Waals surface area contributed by atoms with E-state index >= 15 is 0 Å². The lowest BCUT2D eigenvalue weighted by atomic mass is 10.3. The van der Waals surface area contributed by atoms with E-state index in [1.165, 1.54) is 7.11 Å². The van der Waals surface area contributed by atoms with Crippen LogP contribution in [0.4, 0.5) is 0 Å². The smallest absolute Gasteiger partial charge is 0.322 e. The molecule has 0 heterocycles. The molecule has 0 aromatic rings. The summed E-state index contributed by atoms with van der Waals surface area (Å²) in [5, 5.41) is 8.11. The maximum Gasteiger partial charge on any atom is 0.322 e.